The Hall–Kier alpha value is -4.13. The summed E-state index contributed by atoms with van der Waals surface area (Å²) >= 11 is 0. The van der Waals surface area contributed by atoms with Crippen molar-refractivity contribution in [2.75, 3.05) is 26.1 Å². The number of amides is 1. The minimum atomic E-state index is -0.766. The molecule has 0 saturated heterocycles. The van der Waals surface area contributed by atoms with E-state index in [4.69, 9.17) is 14.2 Å². The monoisotopic (exact) mass is 419 g/mol. The van der Waals surface area contributed by atoms with Gasteiger partial charge in [0.1, 0.15) is 11.5 Å². The number of anilines is 1. The van der Waals surface area contributed by atoms with Crippen molar-refractivity contribution in [1.29, 1.82) is 0 Å². The maximum atomic E-state index is 12.9. The van der Waals surface area contributed by atoms with Crippen LogP contribution >= 0.6 is 0 Å². The average molecular weight is 419 g/mol. The molecular weight excluding hydrogens is 398 g/mol. The first kappa shape index (κ1) is 21.6. The summed E-state index contributed by atoms with van der Waals surface area (Å²) < 4.78 is 15.3. The second-order valence-electron chi connectivity index (χ2n) is 6.46. The lowest BCUT2D eigenvalue weighted by molar-refractivity contribution is -0.119. The maximum absolute atomic E-state index is 12.9. The molecule has 0 radical (unpaired) electrons. The number of hydrogen-bond donors (Lipinski definition) is 1. The molecule has 0 aromatic heterocycles. The fraction of sp³-hybridized carbons (Fsp3) is 0.125. The van der Waals surface area contributed by atoms with E-state index in [-0.39, 0.29) is 16.9 Å². The Kier molecular flexibility index (Phi) is 7.01. The van der Waals surface area contributed by atoms with Crippen LogP contribution in [0.2, 0.25) is 0 Å². The number of carbonyl (C=O) groups is 3. The highest BCUT2D eigenvalue weighted by Crippen LogP contribution is 2.19. The van der Waals surface area contributed by atoms with Crippen LogP contribution in [-0.2, 0) is 9.53 Å². The van der Waals surface area contributed by atoms with Gasteiger partial charge in [-0.2, -0.15) is 0 Å². The zero-order valence-electron chi connectivity index (χ0n) is 17.1. The van der Waals surface area contributed by atoms with E-state index in [1.54, 1.807) is 66.7 Å². The van der Waals surface area contributed by atoms with E-state index in [0.29, 0.717) is 22.7 Å². The van der Waals surface area contributed by atoms with Gasteiger partial charge in [-0.3, -0.25) is 9.59 Å². The molecule has 0 aliphatic carbocycles. The topological polar surface area (TPSA) is 90.9 Å². The standard InChI is InChI=1S/C24H21NO6/c1-29-18-12-10-16(11-13-18)23(27)20-8-3-4-9-21(20)24(28)31-15-22(26)25-17-6-5-7-19(14-17)30-2/h3-14H,15H2,1-2H3,(H,25,26). The van der Waals surface area contributed by atoms with Crippen molar-refractivity contribution in [1.82, 2.24) is 0 Å². The highest BCUT2D eigenvalue weighted by atomic mass is 16.5. The SMILES string of the molecule is COc1ccc(C(=O)c2ccccc2C(=O)OCC(=O)Nc2cccc(OC)c2)cc1. The van der Waals surface area contributed by atoms with Crippen LogP contribution in [0.3, 0.4) is 0 Å². The van der Waals surface area contributed by atoms with E-state index in [0.717, 1.165) is 0 Å². The Morgan fingerprint density at radius 2 is 1.45 bits per heavy atom. The average Bonchev–Trinajstić information content (AvgIpc) is 2.82. The fourth-order valence-electron chi connectivity index (χ4n) is 2.86. The van der Waals surface area contributed by atoms with Gasteiger partial charge in [-0.05, 0) is 42.5 Å². The van der Waals surface area contributed by atoms with E-state index >= 15 is 0 Å². The molecule has 31 heavy (non-hydrogen) atoms. The van der Waals surface area contributed by atoms with E-state index < -0.39 is 18.5 Å². The third kappa shape index (κ3) is 5.48. The number of ketones is 1. The first-order chi connectivity index (χ1) is 15.0. The van der Waals surface area contributed by atoms with Gasteiger partial charge in [-0.25, -0.2) is 4.79 Å². The molecule has 0 saturated carbocycles. The van der Waals surface area contributed by atoms with Crippen LogP contribution in [0.5, 0.6) is 11.5 Å². The zero-order chi connectivity index (χ0) is 22.2. The van der Waals surface area contributed by atoms with Crippen LogP contribution in [0.4, 0.5) is 5.69 Å². The molecule has 3 aromatic rings. The third-order valence-electron chi connectivity index (χ3n) is 4.43. The highest BCUT2D eigenvalue weighted by molar-refractivity contribution is 6.14. The molecule has 0 unspecified atom stereocenters. The van der Waals surface area contributed by atoms with Gasteiger partial charge >= 0.3 is 5.97 Å². The lowest BCUT2D eigenvalue weighted by atomic mass is 9.98. The number of esters is 1. The summed E-state index contributed by atoms with van der Waals surface area (Å²) in [5, 5.41) is 2.62. The summed E-state index contributed by atoms with van der Waals surface area (Å²) in [6.45, 7) is -0.499. The minimum absolute atomic E-state index is 0.0810. The lowest BCUT2D eigenvalue weighted by Gasteiger charge is -2.10. The second-order valence-corrected chi connectivity index (χ2v) is 6.46. The molecule has 0 fully saturated rings. The summed E-state index contributed by atoms with van der Waals surface area (Å²) in [5.74, 6) is -0.415. The molecule has 158 valence electrons. The Balaban J connectivity index is 1.67. The number of rotatable bonds is 8. The molecular formula is C24H21NO6. The Morgan fingerprint density at radius 1 is 0.774 bits per heavy atom. The first-order valence-electron chi connectivity index (χ1n) is 9.40. The molecule has 3 aromatic carbocycles. The number of nitrogens with one attached hydrogen (secondary N) is 1. The summed E-state index contributed by atoms with van der Waals surface area (Å²) in [6.07, 6.45) is 0. The van der Waals surface area contributed by atoms with Crippen LogP contribution in [-0.4, -0.2) is 38.5 Å². The van der Waals surface area contributed by atoms with Crippen LogP contribution in [0.25, 0.3) is 0 Å². The highest BCUT2D eigenvalue weighted by Gasteiger charge is 2.20. The molecule has 0 atom stereocenters. The molecule has 7 heteroatoms. The van der Waals surface area contributed by atoms with Gasteiger partial charge in [-0.15, -0.1) is 0 Å². The van der Waals surface area contributed by atoms with E-state index in [1.807, 2.05) is 0 Å². The Labute approximate surface area is 179 Å². The van der Waals surface area contributed by atoms with Crippen molar-refractivity contribution in [3.05, 3.63) is 89.5 Å². The molecule has 1 N–H and O–H groups in total. The van der Waals surface area contributed by atoms with Crippen molar-refractivity contribution < 1.29 is 28.6 Å². The molecule has 0 bridgehead atoms. The molecule has 7 nitrogen and oxygen atoms in total. The van der Waals surface area contributed by atoms with Gasteiger partial charge < -0.3 is 19.5 Å². The van der Waals surface area contributed by atoms with Crippen molar-refractivity contribution in [3.8, 4) is 11.5 Å². The summed E-state index contributed by atoms with van der Waals surface area (Å²) in [7, 11) is 3.06. The number of hydrogen-bond acceptors (Lipinski definition) is 6. The van der Waals surface area contributed by atoms with Crippen LogP contribution < -0.4 is 14.8 Å². The van der Waals surface area contributed by atoms with Crippen molar-refractivity contribution in [2.24, 2.45) is 0 Å². The van der Waals surface area contributed by atoms with Gasteiger partial charge in [0.2, 0.25) is 0 Å². The van der Waals surface area contributed by atoms with Crippen molar-refractivity contribution in [3.63, 3.8) is 0 Å². The van der Waals surface area contributed by atoms with Crippen LogP contribution in [0, 0.1) is 0 Å². The van der Waals surface area contributed by atoms with Gasteiger partial charge in [-0.1, -0.05) is 24.3 Å². The lowest BCUT2D eigenvalue weighted by Crippen LogP contribution is -2.22. The summed E-state index contributed by atoms with van der Waals surface area (Å²) in [6, 6.07) is 19.7. The number of ether oxygens (including phenoxy) is 3. The van der Waals surface area contributed by atoms with Crippen LogP contribution in [0.15, 0.2) is 72.8 Å². The Bertz CT molecular complexity index is 1090. The van der Waals surface area contributed by atoms with Crippen molar-refractivity contribution in [2.45, 2.75) is 0 Å². The largest absolute Gasteiger partial charge is 0.497 e. The number of benzene rings is 3. The number of carbonyl (C=O) groups excluding carboxylic acids is 3. The minimum Gasteiger partial charge on any atom is -0.497 e. The molecule has 0 aliphatic heterocycles. The normalized spacial score (nSPS) is 10.1. The van der Waals surface area contributed by atoms with Gasteiger partial charge in [0.25, 0.3) is 5.91 Å². The quantitative estimate of drug-likeness (QED) is 0.442. The zero-order valence-corrected chi connectivity index (χ0v) is 17.1. The number of methoxy groups -OCH3 is 2. The van der Waals surface area contributed by atoms with Gasteiger partial charge in [0.05, 0.1) is 19.8 Å². The summed E-state index contributed by atoms with van der Waals surface area (Å²) in [5.41, 5.74) is 1.18. The second kappa shape index (κ2) is 10.1. The van der Waals surface area contributed by atoms with E-state index in [1.165, 1.54) is 20.3 Å². The first-order valence-corrected chi connectivity index (χ1v) is 9.40. The predicted octanol–water partition coefficient (Wildman–Crippen LogP) is 3.73. The van der Waals surface area contributed by atoms with Gasteiger partial charge in [0, 0.05) is 22.9 Å². The molecule has 1 amide bonds. The van der Waals surface area contributed by atoms with E-state index in [2.05, 4.69) is 5.32 Å². The maximum Gasteiger partial charge on any atom is 0.339 e. The van der Waals surface area contributed by atoms with Gasteiger partial charge in [0.15, 0.2) is 12.4 Å². The van der Waals surface area contributed by atoms with E-state index in [9.17, 15) is 14.4 Å². The third-order valence-corrected chi connectivity index (χ3v) is 4.43. The van der Waals surface area contributed by atoms with Crippen LogP contribution in [0.1, 0.15) is 26.3 Å². The molecule has 0 spiro atoms. The molecule has 0 aliphatic rings. The Morgan fingerprint density at radius 3 is 2.13 bits per heavy atom. The van der Waals surface area contributed by atoms with Crippen molar-refractivity contribution >= 4 is 23.3 Å². The molecule has 0 heterocycles. The summed E-state index contributed by atoms with van der Waals surface area (Å²) in [4.78, 5) is 37.6. The predicted molar refractivity (Wildman–Crippen MR) is 115 cm³/mol. The molecule has 3 rings (SSSR count). The fourth-order valence-corrected chi connectivity index (χ4v) is 2.86. The smallest absolute Gasteiger partial charge is 0.339 e.